The Hall–Kier alpha value is -2.26. The van der Waals surface area contributed by atoms with Gasteiger partial charge in [0.05, 0.1) is 22.5 Å². The predicted octanol–water partition coefficient (Wildman–Crippen LogP) is 3.63. The molecule has 1 aromatic carbocycles. The number of pyridine rings is 1. The molecule has 0 saturated heterocycles. The molecular weight excluding hydrogens is 381 g/mol. The van der Waals surface area contributed by atoms with Crippen molar-refractivity contribution in [2.45, 2.75) is 24.0 Å². The zero-order chi connectivity index (χ0) is 20.2. The fourth-order valence-corrected chi connectivity index (χ4v) is 3.11. The molecule has 2 aromatic rings. The van der Waals surface area contributed by atoms with E-state index in [1.165, 1.54) is 30.7 Å². The number of hydrogen-bond acceptors (Lipinski definition) is 5. The number of rotatable bonds is 8. The number of nitrogens with zero attached hydrogens (tertiary/aromatic N) is 1. The van der Waals surface area contributed by atoms with E-state index in [0.717, 1.165) is 0 Å². The number of benzene rings is 1. The Morgan fingerprint density at radius 1 is 1.19 bits per heavy atom. The van der Waals surface area contributed by atoms with Gasteiger partial charge in [0.15, 0.2) is 5.78 Å². The molecule has 2 N–H and O–H groups in total. The summed E-state index contributed by atoms with van der Waals surface area (Å²) < 4.78 is 56.9. The summed E-state index contributed by atoms with van der Waals surface area (Å²) in [4.78, 5) is 15.1. The van der Waals surface area contributed by atoms with Crippen LogP contribution in [0.2, 0.25) is 0 Å². The minimum absolute atomic E-state index is 0.160. The predicted molar refractivity (Wildman–Crippen MR) is 94.8 cm³/mol. The lowest BCUT2D eigenvalue weighted by atomic mass is 9.91. The van der Waals surface area contributed by atoms with Crippen molar-refractivity contribution in [3.63, 3.8) is 0 Å². The van der Waals surface area contributed by atoms with E-state index in [9.17, 15) is 27.3 Å². The number of ketones is 1. The molecule has 0 radical (unpaired) electrons. The lowest BCUT2D eigenvalue weighted by Crippen LogP contribution is -2.22. The van der Waals surface area contributed by atoms with Crippen molar-refractivity contribution < 1.29 is 27.3 Å². The second-order valence-electron chi connectivity index (χ2n) is 6.18. The highest BCUT2D eigenvalue weighted by atomic mass is 32.2. The van der Waals surface area contributed by atoms with Gasteiger partial charge in [0.1, 0.15) is 5.03 Å². The van der Waals surface area contributed by atoms with E-state index < -0.39 is 47.1 Å². The zero-order valence-corrected chi connectivity index (χ0v) is 15.3. The Balaban J connectivity index is 2.17. The number of halogens is 3. The Bertz CT molecular complexity index is 885. The molecule has 1 heterocycles. The van der Waals surface area contributed by atoms with Gasteiger partial charge < -0.3 is 5.11 Å². The number of alkyl halides is 3. The van der Waals surface area contributed by atoms with Crippen molar-refractivity contribution in [2.24, 2.45) is 5.92 Å². The van der Waals surface area contributed by atoms with Crippen LogP contribution in [0, 0.1) is 10.7 Å². The van der Waals surface area contributed by atoms with Crippen molar-refractivity contribution >= 4 is 15.5 Å². The minimum Gasteiger partial charge on any atom is -0.388 e. The largest absolute Gasteiger partial charge is 0.388 e. The van der Waals surface area contributed by atoms with Crippen LogP contribution in [0.15, 0.2) is 47.6 Å². The summed E-state index contributed by atoms with van der Waals surface area (Å²) in [5.41, 5.74) is 1.69. The van der Waals surface area contributed by atoms with E-state index in [1.807, 2.05) is 0 Å². The average Bonchev–Trinajstić information content (AvgIpc) is 2.64. The van der Waals surface area contributed by atoms with Crippen LogP contribution in [0.3, 0.4) is 0 Å². The average molecular weight is 400 g/mol. The zero-order valence-electron chi connectivity index (χ0n) is 14.4. The van der Waals surface area contributed by atoms with Crippen LogP contribution in [0.5, 0.6) is 0 Å². The first-order valence-electron chi connectivity index (χ1n) is 7.98. The van der Waals surface area contributed by atoms with Gasteiger partial charge in [-0.05, 0) is 17.2 Å². The Kier molecular flexibility index (Phi) is 6.72. The van der Waals surface area contributed by atoms with Crippen LogP contribution in [-0.4, -0.2) is 39.4 Å². The third-order valence-electron chi connectivity index (χ3n) is 4.07. The molecule has 0 amide bonds. The van der Waals surface area contributed by atoms with Crippen molar-refractivity contribution in [3.05, 3.63) is 48.2 Å². The fraction of sp³-hybridized carbons (Fsp3) is 0.333. The van der Waals surface area contributed by atoms with Crippen LogP contribution >= 0.6 is 0 Å². The fourth-order valence-electron chi connectivity index (χ4n) is 2.52. The maximum atomic E-state index is 13.1. The molecule has 5 nitrogen and oxygen atoms in total. The second-order valence-corrected chi connectivity index (χ2v) is 8.29. The van der Waals surface area contributed by atoms with E-state index in [-0.39, 0.29) is 5.03 Å². The summed E-state index contributed by atoms with van der Waals surface area (Å²) in [5, 5.41) is 10.4. The van der Waals surface area contributed by atoms with Crippen molar-refractivity contribution in [2.75, 3.05) is 12.9 Å². The Morgan fingerprint density at radius 3 is 2.22 bits per heavy atom. The molecule has 1 aromatic heterocycles. The maximum absolute atomic E-state index is 13.1. The quantitative estimate of drug-likeness (QED) is 0.708. The SMILES string of the molecule is CS(=N)(=O)c1ccc(-c2ccc([C@@H](O)[C@@H](CF)CC(=O)C(F)F)cc2)cn1. The molecule has 0 saturated carbocycles. The first kappa shape index (κ1) is 21.0. The van der Waals surface area contributed by atoms with Gasteiger partial charge in [-0.1, -0.05) is 30.3 Å². The summed E-state index contributed by atoms with van der Waals surface area (Å²) in [6.45, 7) is -1.10. The second kappa shape index (κ2) is 8.62. The number of aliphatic hydroxyl groups is 1. The van der Waals surface area contributed by atoms with Crippen LogP contribution in [0.4, 0.5) is 13.2 Å². The summed E-state index contributed by atoms with van der Waals surface area (Å²) >= 11 is 0. The number of Topliss-reactive ketones (excluding diaryl/α,β-unsaturated/α-hetero) is 1. The molecule has 146 valence electrons. The van der Waals surface area contributed by atoms with Gasteiger partial charge in [0, 0.05) is 30.4 Å². The number of aliphatic hydroxyl groups excluding tert-OH is 1. The van der Waals surface area contributed by atoms with Gasteiger partial charge >= 0.3 is 0 Å². The number of aromatic nitrogens is 1. The highest BCUT2D eigenvalue weighted by molar-refractivity contribution is 7.91. The highest BCUT2D eigenvalue weighted by Crippen LogP contribution is 2.28. The van der Waals surface area contributed by atoms with Gasteiger partial charge in [-0.25, -0.2) is 22.8 Å². The molecule has 1 unspecified atom stereocenters. The molecule has 0 bridgehead atoms. The van der Waals surface area contributed by atoms with Gasteiger partial charge in [0.25, 0.3) is 6.43 Å². The third-order valence-corrected chi connectivity index (χ3v) is 5.11. The molecule has 0 aliphatic heterocycles. The monoisotopic (exact) mass is 400 g/mol. The third kappa shape index (κ3) is 5.36. The van der Waals surface area contributed by atoms with Gasteiger partial charge in [0.2, 0.25) is 0 Å². The first-order valence-corrected chi connectivity index (χ1v) is 9.95. The molecule has 3 atom stereocenters. The first-order chi connectivity index (χ1) is 12.6. The van der Waals surface area contributed by atoms with Gasteiger partial charge in [-0.15, -0.1) is 0 Å². The number of nitrogens with one attached hydrogen (secondary N) is 1. The maximum Gasteiger partial charge on any atom is 0.295 e. The normalized spacial score (nSPS) is 15.9. The number of hydrogen-bond donors (Lipinski definition) is 2. The van der Waals surface area contributed by atoms with E-state index in [0.29, 0.717) is 16.7 Å². The molecule has 0 aliphatic rings. The molecule has 27 heavy (non-hydrogen) atoms. The van der Waals surface area contributed by atoms with Crippen LogP contribution < -0.4 is 0 Å². The Labute approximate surface area is 155 Å². The summed E-state index contributed by atoms with van der Waals surface area (Å²) in [5.74, 6) is -2.64. The Morgan fingerprint density at radius 2 is 1.78 bits per heavy atom. The lowest BCUT2D eigenvalue weighted by Gasteiger charge is -2.20. The van der Waals surface area contributed by atoms with Gasteiger partial charge in [-0.3, -0.25) is 9.18 Å². The van der Waals surface area contributed by atoms with Crippen molar-refractivity contribution in [1.82, 2.24) is 4.98 Å². The standard InChI is InChI=1S/C18H19F3N2O3S/c1-27(22,26)16-7-6-13(10-23-16)11-2-4-12(5-3-11)17(25)14(9-19)8-15(24)18(20)21/h2-7,10,14,17-18,22,25H,8-9H2,1H3/t14-,17-,27?/m1/s1. The topological polar surface area (TPSA) is 91.1 Å². The van der Waals surface area contributed by atoms with E-state index >= 15 is 0 Å². The summed E-state index contributed by atoms with van der Waals surface area (Å²) in [6, 6.07) is 9.42. The van der Waals surface area contributed by atoms with E-state index in [2.05, 4.69) is 4.98 Å². The van der Waals surface area contributed by atoms with E-state index in [1.54, 1.807) is 18.2 Å². The summed E-state index contributed by atoms with van der Waals surface area (Å²) in [6.07, 6.45) is -2.59. The van der Waals surface area contributed by atoms with Crippen molar-refractivity contribution in [3.8, 4) is 11.1 Å². The molecule has 9 heteroatoms. The molecule has 2 rings (SSSR count). The number of carbonyl (C=O) groups is 1. The summed E-state index contributed by atoms with van der Waals surface area (Å²) in [7, 11) is -2.91. The van der Waals surface area contributed by atoms with Crippen molar-refractivity contribution in [1.29, 1.82) is 4.78 Å². The smallest absolute Gasteiger partial charge is 0.295 e. The molecule has 0 fully saturated rings. The number of carbonyl (C=O) groups excluding carboxylic acids is 1. The highest BCUT2D eigenvalue weighted by Gasteiger charge is 2.27. The molecule has 0 aliphatic carbocycles. The van der Waals surface area contributed by atoms with Crippen LogP contribution in [0.25, 0.3) is 11.1 Å². The molecule has 0 spiro atoms. The molecular formula is C18H19F3N2O3S. The van der Waals surface area contributed by atoms with Gasteiger partial charge in [-0.2, -0.15) is 0 Å². The van der Waals surface area contributed by atoms with Crippen LogP contribution in [0.1, 0.15) is 18.1 Å². The van der Waals surface area contributed by atoms with E-state index in [4.69, 9.17) is 4.78 Å². The minimum atomic E-state index is -3.19. The van der Waals surface area contributed by atoms with Crippen LogP contribution in [-0.2, 0) is 14.5 Å². The lowest BCUT2D eigenvalue weighted by molar-refractivity contribution is -0.131.